The molecule has 0 aromatic heterocycles. The van der Waals surface area contributed by atoms with E-state index in [9.17, 15) is 14.7 Å². The molecule has 0 spiro atoms. The average Bonchev–Trinajstić information content (AvgIpc) is 3.07. The highest BCUT2D eigenvalue weighted by molar-refractivity contribution is 5.79. The first-order valence-corrected chi connectivity index (χ1v) is 10.3. The van der Waals surface area contributed by atoms with E-state index in [1.165, 1.54) is 0 Å². The van der Waals surface area contributed by atoms with Gasteiger partial charge >= 0.3 is 5.97 Å². The van der Waals surface area contributed by atoms with Crippen LogP contribution in [0.2, 0.25) is 0 Å². The summed E-state index contributed by atoms with van der Waals surface area (Å²) < 4.78 is 5.22. The van der Waals surface area contributed by atoms with Crippen LogP contribution in [0.15, 0.2) is 24.3 Å². The van der Waals surface area contributed by atoms with E-state index in [0.29, 0.717) is 19.5 Å². The summed E-state index contributed by atoms with van der Waals surface area (Å²) in [5.41, 5.74) is 0.986. The number of rotatable bonds is 10. The maximum Gasteiger partial charge on any atom is 0.308 e. The summed E-state index contributed by atoms with van der Waals surface area (Å²) in [6.07, 6.45) is 2.74. The van der Waals surface area contributed by atoms with E-state index < -0.39 is 11.9 Å². The number of nitrogens with zero attached hydrogens (tertiary/aromatic N) is 2. The van der Waals surface area contributed by atoms with Crippen LogP contribution < -0.4 is 4.74 Å². The summed E-state index contributed by atoms with van der Waals surface area (Å²) in [4.78, 5) is 28.9. The molecular weight excluding hydrogens is 356 g/mol. The molecule has 1 aliphatic heterocycles. The molecular formula is C22H34N2O4. The van der Waals surface area contributed by atoms with Gasteiger partial charge in [-0.2, -0.15) is 0 Å². The summed E-state index contributed by atoms with van der Waals surface area (Å²) in [7, 11) is 1.61. The molecule has 2 rings (SSSR count). The van der Waals surface area contributed by atoms with Crippen LogP contribution in [-0.2, 0) is 9.59 Å². The summed E-state index contributed by atoms with van der Waals surface area (Å²) >= 11 is 0. The minimum Gasteiger partial charge on any atom is -0.497 e. The molecule has 1 N–H and O–H groups in total. The fourth-order valence-corrected chi connectivity index (χ4v) is 4.27. The quantitative estimate of drug-likeness (QED) is 0.664. The lowest BCUT2D eigenvalue weighted by atomic mass is 9.84. The third-order valence-corrected chi connectivity index (χ3v) is 5.85. The SMILES string of the molecule is CCCCN(CC)C(=O)CN1CC(c2ccc(OC)cc2)C(C(=O)O)C1CC. The van der Waals surface area contributed by atoms with E-state index in [1.807, 2.05) is 43.0 Å². The normalized spacial score (nSPS) is 22.2. The molecule has 156 valence electrons. The topological polar surface area (TPSA) is 70.1 Å². The Morgan fingerprint density at radius 2 is 1.89 bits per heavy atom. The lowest BCUT2D eigenvalue weighted by Gasteiger charge is -2.28. The largest absolute Gasteiger partial charge is 0.497 e. The molecule has 6 heteroatoms. The Kier molecular flexibility index (Phi) is 8.30. The van der Waals surface area contributed by atoms with E-state index in [2.05, 4.69) is 11.8 Å². The first-order valence-electron chi connectivity index (χ1n) is 10.3. The molecule has 1 aliphatic rings. The molecule has 3 unspecified atom stereocenters. The minimum atomic E-state index is -0.791. The number of benzene rings is 1. The van der Waals surface area contributed by atoms with Gasteiger partial charge in [-0.05, 0) is 37.5 Å². The van der Waals surface area contributed by atoms with Crippen molar-refractivity contribution in [3.8, 4) is 5.75 Å². The van der Waals surface area contributed by atoms with Crippen molar-refractivity contribution < 1.29 is 19.4 Å². The Balaban J connectivity index is 2.20. The van der Waals surface area contributed by atoms with Gasteiger partial charge in [0.1, 0.15) is 5.75 Å². The Labute approximate surface area is 168 Å². The van der Waals surface area contributed by atoms with Crippen molar-refractivity contribution in [3.63, 3.8) is 0 Å². The number of carboxylic acid groups (broad SMARTS) is 1. The molecule has 1 saturated heterocycles. The summed E-state index contributed by atoms with van der Waals surface area (Å²) in [5, 5.41) is 9.92. The van der Waals surface area contributed by atoms with Crippen LogP contribution in [0.5, 0.6) is 5.75 Å². The maximum absolute atomic E-state index is 12.8. The molecule has 3 atom stereocenters. The molecule has 0 saturated carbocycles. The monoisotopic (exact) mass is 390 g/mol. The molecule has 1 aromatic rings. The Morgan fingerprint density at radius 3 is 2.39 bits per heavy atom. The molecule has 0 bridgehead atoms. The van der Waals surface area contributed by atoms with Crippen molar-refractivity contribution in [2.24, 2.45) is 5.92 Å². The highest BCUT2D eigenvalue weighted by Crippen LogP contribution is 2.39. The van der Waals surface area contributed by atoms with Crippen molar-refractivity contribution in [2.45, 2.75) is 52.0 Å². The Hall–Kier alpha value is -2.08. The lowest BCUT2D eigenvalue weighted by Crippen LogP contribution is -2.44. The van der Waals surface area contributed by atoms with Crippen LogP contribution in [0.3, 0.4) is 0 Å². The molecule has 1 amide bonds. The number of likely N-dealkylation sites (N-methyl/N-ethyl adjacent to an activating group) is 1. The predicted octanol–water partition coefficient (Wildman–Crippen LogP) is 3.22. The van der Waals surface area contributed by atoms with E-state index >= 15 is 0 Å². The molecule has 1 aromatic carbocycles. The van der Waals surface area contributed by atoms with Gasteiger partial charge in [0.15, 0.2) is 0 Å². The summed E-state index contributed by atoms with van der Waals surface area (Å²) in [6.45, 7) is 8.43. The van der Waals surface area contributed by atoms with Crippen LogP contribution >= 0.6 is 0 Å². The summed E-state index contributed by atoms with van der Waals surface area (Å²) in [5.74, 6) is -0.596. The van der Waals surface area contributed by atoms with Crippen molar-refractivity contribution >= 4 is 11.9 Å². The van der Waals surface area contributed by atoms with Crippen molar-refractivity contribution in [3.05, 3.63) is 29.8 Å². The van der Waals surface area contributed by atoms with Gasteiger partial charge in [0.05, 0.1) is 19.6 Å². The van der Waals surface area contributed by atoms with Gasteiger partial charge in [-0.3, -0.25) is 14.5 Å². The molecule has 1 heterocycles. The van der Waals surface area contributed by atoms with Gasteiger partial charge < -0.3 is 14.7 Å². The molecule has 6 nitrogen and oxygen atoms in total. The standard InChI is InChI=1S/C22H34N2O4/c1-5-8-13-23(7-3)20(25)15-24-14-18(21(22(26)27)19(24)6-2)16-9-11-17(28-4)12-10-16/h9-12,18-19,21H,5-8,13-15H2,1-4H3,(H,26,27). The Morgan fingerprint density at radius 1 is 1.21 bits per heavy atom. The predicted molar refractivity (Wildman–Crippen MR) is 110 cm³/mol. The fraction of sp³-hybridized carbons (Fsp3) is 0.636. The third kappa shape index (κ3) is 5.04. The second-order valence-corrected chi connectivity index (χ2v) is 7.48. The number of carbonyl (C=O) groups excluding carboxylic acids is 1. The van der Waals surface area contributed by atoms with E-state index in [4.69, 9.17) is 4.74 Å². The molecule has 28 heavy (non-hydrogen) atoms. The van der Waals surface area contributed by atoms with Crippen LogP contribution in [0.25, 0.3) is 0 Å². The van der Waals surface area contributed by atoms with Crippen LogP contribution in [0, 0.1) is 5.92 Å². The maximum atomic E-state index is 12.8. The number of amides is 1. The van der Waals surface area contributed by atoms with Crippen molar-refractivity contribution in [2.75, 3.05) is 33.3 Å². The van der Waals surface area contributed by atoms with Crippen molar-refractivity contribution in [1.82, 2.24) is 9.80 Å². The highest BCUT2D eigenvalue weighted by Gasteiger charge is 2.46. The zero-order valence-electron chi connectivity index (χ0n) is 17.6. The number of ether oxygens (including phenoxy) is 1. The smallest absolute Gasteiger partial charge is 0.308 e. The van der Waals surface area contributed by atoms with Gasteiger partial charge in [0, 0.05) is 31.6 Å². The van der Waals surface area contributed by atoms with E-state index in [0.717, 1.165) is 30.7 Å². The number of carboxylic acids is 1. The van der Waals surface area contributed by atoms with Gasteiger partial charge in [0.25, 0.3) is 0 Å². The van der Waals surface area contributed by atoms with Gasteiger partial charge in [0.2, 0.25) is 5.91 Å². The van der Waals surface area contributed by atoms with Crippen LogP contribution in [0.1, 0.15) is 51.5 Å². The molecule has 0 aliphatic carbocycles. The zero-order chi connectivity index (χ0) is 20.7. The fourth-order valence-electron chi connectivity index (χ4n) is 4.27. The molecule has 0 radical (unpaired) electrons. The summed E-state index contributed by atoms with van der Waals surface area (Å²) in [6, 6.07) is 7.48. The first-order chi connectivity index (χ1) is 13.5. The van der Waals surface area contributed by atoms with E-state index in [1.54, 1.807) is 7.11 Å². The molecule has 1 fully saturated rings. The first kappa shape index (κ1) is 22.2. The van der Waals surface area contributed by atoms with Crippen LogP contribution in [-0.4, -0.2) is 66.1 Å². The second-order valence-electron chi connectivity index (χ2n) is 7.48. The number of hydrogen-bond donors (Lipinski definition) is 1. The average molecular weight is 391 g/mol. The Bertz CT molecular complexity index is 646. The zero-order valence-corrected chi connectivity index (χ0v) is 17.6. The number of hydrogen-bond acceptors (Lipinski definition) is 4. The van der Waals surface area contributed by atoms with E-state index in [-0.39, 0.29) is 24.4 Å². The second kappa shape index (κ2) is 10.5. The number of carbonyl (C=O) groups is 2. The van der Waals surface area contributed by atoms with Gasteiger partial charge in [-0.1, -0.05) is 32.4 Å². The van der Waals surface area contributed by atoms with Gasteiger partial charge in [-0.25, -0.2) is 0 Å². The number of methoxy groups -OCH3 is 1. The number of unbranched alkanes of at least 4 members (excludes halogenated alkanes) is 1. The van der Waals surface area contributed by atoms with Crippen molar-refractivity contribution in [1.29, 1.82) is 0 Å². The number of aliphatic carboxylic acids is 1. The highest BCUT2D eigenvalue weighted by atomic mass is 16.5. The van der Waals surface area contributed by atoms with Gasteiger partial charge in [-0.15, -0.1) is 0 Å². The minimum absolute atomic E-state index is 0.0916. The third-order valence-electron chi connectivity index (χ3n) is 5.85. The number of likely N-dealkylation sites (tertiary alicyclic amines) is 1. The lowest BCUT2D eigenvalue weighted by molar-refractivity contribution is -0.143. The van der Waals surface area contributed by atoms with Crippen LogP contribution in [0.4, 0.5) is 0 Å².